The topological polar surface area (TPSA) is 24.1 Å². The standard InChI is InChI=1S/C16H24N2S/c1-12-7-9-14(10-8-12)11-17-16(19)18-15-6-4-3-5-13(15)2/h7-10,13,15H,3-6,11H2,1-2H3,(H2,17,18,19)/t13-,15-/m1/s1. The highest BCUT2D eigenvalue weighted by molar-refractivity contribution is 7.80. The first kappa shape index (κ1) is 14.3. The number of hydrogen-bond donors (Lipinski definition) is 2. The van der Waals surface area contributed by atoms with Gasteiger partial charge in [0.1, 0.15) is 0 Å². The van der Waals surface area contributed by atoms with Gasteiger partial charge in [0.2, 0.25) is 0 Å². The molecule has 0 heterocycles. The smallest absolute Gasteiger partial charge is 0.166 e. The summed E-state index contributed by atoms with van der Waals surface area (Å²) in [5.41, 5.74) is 2.56. The quantitative estimate of drug-likeness (QED) is 0.826. The van der Waals surface area contributed by atoms with Crippen molar-refractivity contribution in [3.8, 4) is 0 Å². The van der Waals surface area contributed by atoms with Gasteiger partial charge in [-0.15, -0.1) is 0 Å². The molecule has 0 aromatic heterocycles. The molecule has 1 aromatic carbocycles. The van der Waals surface area contributed by atoms with Gasteiger partial charge in [-0.05, 0) is 43.5 Å². The Morgan fingerprint density at radius 2 is 1.89 bits per heavy atom. The van der Waals surface area contributed by atoms with Gasteiger partial charge in [0, 0.05) is 12.6 Å². The van der Waals surface area contributed by atoms with Crippen molar-refractivity contribution in [2.45, 2.75) is 52.1 Å². The number of hydrogen-bond acceptors (Lipinski definition) is 1. The highest BCUT2D eigenvalue weighted by atomic mass is 32.1. The molecule has 0 bridgehead atoms. The third kappa shape index (κ3) is 4.50. The Bertz CT molecular complexity index is 413. The van der Waals surface area contributed by atoms with E-state index in [1.165, 1.54) is 36.8 Å². The maximum atomic E-state index is 5.39. The van der Waals surface area contributed by atoms with Crippen LogP contribution >= 0.6 is 12.2 Å². The Morgan fingerprint density at radius 1 is 1.21 bits per heavy atom. The largest absolute Gasteiger partial charge is 0.360 e. The molecule has 0 radical (unpaired) electrons. The Hall–Kier alpha value is -1.09. The number of nitrogens with one attached hydrogen (secondary N) is 2. The van der Waals surface area contributed by atoms with E-state index in [1.54, 1.807) is 0 Å². The minimum Gasteiger partial charge on any atom is -0.360 e. The van der Waals surface area contributed by atoms with Gasteiger partial charge in [0.25, 0.3) is 0 Å². The van der Waals surface area contributed by atoms with Crippen molar-refractivity contribution in [1.29, 1.82) is 0 Å². The molecule has 2 rings (SSSR count). The molecular weight excluding hydrogens is 252 g/mol. The van der Waals surface area contributed by atoms with Crippen LogP contribution < -0.4 is 10.6 Å². The Labute approximate surface area is 122 Å². The first-order valence-electron chi connectivity index (χ1n) is 7.25. The number of aryl methyl sites for hydroxylation is 1. The summed E-state index contributed by atoms with van der Waals surface area (Å²) in [5, 5.41) is 7.57. The Morgan fingerprint density at radius 3 is 2.58 bits per heavy atom. The number of thiocarbonyl (C=S) groups is 1. The van der Waals surface area contributed by atoms with Crippen LogP contribution in [-0.4, -0.2) is 11.2 Å². The van der Waals surface area contributed by atoms with Crippen LogP contribution in [0.2, 0.25) is 0 Å². The van der Waals surface area contributed by atoms with Crippen molar-refractivity contribution in [2.24, 2.45) is 5.92 Å². The average Bonchev–Trinajstić information content (AvgIpc) is 2.41. The molecule has 0 amide bonds. The van der Waals surface area contributed by atoms with Crippen molar-refractivity contribution in [2.75, 3.05) is 0 Å². The maximum absolute atomic E-state index is 5.39. The van der Waals surface area contributed by atoms with Crippen molar-refractivity contribution in [3.63, 3.8) is 0 Å². The summed E-state index contributed by atoms with van der Waals surface area (Å²) in [5.74, 6) is 0.730. The van der Waals surface area contributed by atoms with Crippen LogP contribution in [0.15, 0.2) is 24.3 Å². The van der Waals surface area contributed by atoms with Crippen LogP contribution in [0.1, 0.15) is 43.7 Å². The van der Waals surface area contributed by atoms with E-state index in [1.807, 2.05) is 0 Å². The molecule has 1 aliphatic rings. The first-order chi connectivity index (χ1) is 9.15. The van der Waals surface area contributed by atoms with E-state index in [2.05, 4.69) is 48.7 Å². The molecule has 2 nitrogen and oxygen atoms in total. The van der Waals surface area contributed by atoms with E-state index in [-0.39, 0.29) is 0 Å². The van der Waals surface area contributed by atoms with Crippen LogP contribution in [-0.2, 0) is 6.54 Å². The molecule has 1 aliphatic carbocycles. The lowest BCUT2D eigenvalue weighted by atomic mass is 9.86. The van der Waals surface area contributed by atoms with Crippen LogP contribution in [0.4, 0.5) is 0 Å². The van der Waals surface area contributed by atoms with Crippen LogP contribution in [0, 0.1) is 12.8 Å². The SMILES string of the molecule is Cc1ccc(CNC(=S)N[C@@H]2CCCC[C@H]2C)cc1. The maximum Gasteiger partial charge on any atom is 0.166 e. The molecule has 3 heteroatoms. The molecule has 104 valence electrons. The summed E-state index contributed by atoms with van der Waals surface area (Å²) in [6.45, 7) is 5.22. The van der Waals surface area contributed by atoms with Crippen molar-refractivity contribution in [3.05, 3.63) is 35.4 Å². The predicted octanol–water partition coefficient (Wildman–Crippen LogP) is 3.54. The fourth-order valence-electron chi connectivity index (χ4n) is 2.64. The summed E-state index contributed by atoms with van der Waals surface area (Å²) in [6.07, 6.45) is 5.25. The molecular formula is C16H24N2S. The highest BCUT2D eigenvalue weighted by Gasteiger charge is 2.21. The van der Waals surface area contributed by atoms with E-state index >= 15 is 0 Å². The third-order valence-electron chi connectivity index (χ3n) is 4.00. The third-order valence-corrected chi connectivity index (χ3v) is 4.26. The average molecular weight is 276 g/mol. The zero-order valence-electron chi connectivity index (χ0n) is 11.9. The van der Waals surface area contributed by atoms with Gasteiger partial charge >= 0.3 is 0 Å². The van der Waals surface area contributed by atoms with E-state index in [9.17, 15) is 0 Å². The minimum absolute atomic E-state index is 0.548. The fraction of sp³-hybridized carbons (Fsp3) is 0.562. The van der Waals surface area contributed by atoms with E-state index in [4.69, 9.17) is 12.2 Å². The first-order valence-corrected chi connectivity index (χ1v) is 7.66. The molecule has 0 saturated heterocycles. The van der Waals surface area contributed by atoms with Gasteiger partial charge in [0.15, 0.2) is 5.11 Å². The fourth-order valence-corrected chi connectivity index (χ4v) is 2.86. The molecule has 1 saturated carbocycles. The van der Waals surface area contributed by atoms with Crippen LogP contribution in [0.25, 0.3) is 0 Å². The zero-order chi connectivity index (χ0) is 13.7. The molecule has 19 heavy (non-hydrogen) atoms. The van der Waals surface area contributed by atoms with Gasteiger partial charge in [-0.3, -0.25) is 0 Å². The van der Waals surface area contributed by atoms with Gasteiger partial charge in [-0.2, -0.15) is 0 Å². The monoisotopic (exact) mass is 276 g/mol. The van der Waals surface area contributed by atoms with Gasteiger partial charge in [0.05, 0.1) is 0 Å². The summed E-state index contributed by atoms with van der Waals surface area (Å²) < 4.78 is 0. The molecule has 2 N–H and O–H groups in total. The molecule has 0 unspecified atom stereocenters. The van der Waals surface area contributed by atoms with Crippen LogP contribution in [0.3, 0.4) is 0 Å². The van der Waals surface area contributed by atoms with Gasteiger partial charge in [-0.1, -0.05) is 49.6 Å². The molecule has 0 spiro atoms. The molecule has 1 aromatic rings. The second kappa shape index (κ2) is 6.90. The lowest BCUT2D eigenvalue weighted by Gasteiger charge is -2.30. The van der Waals surface area contributed by atoms with Gasteiger partial charge < -0.3 is 10.6 Å². The van der Waals surface area contributed by atoms with Crippen molar-refractivity contribution >= 4 is 17.3 Å². The second-order valence-corrected chi connectivity index (χ2v) is 6.09. The van der Waals surface area contributed by atoms with Crippen LogP contribution in [0.5, 0.6) is 0 Å². The molecule has 1 fully saturated rings. The molecule has 2 atom stereocenters. The normalized spacial score (nSPS) is 22.8. The summed E-state index contributed by atoms with van der Waals surface area (Å²) in [4.78, 5) is 0. The highest BCUT2D eigenvalue weighted by Crippen LogP contribution is 2.23. The van der Waals surface area contributed by atoms with Gasteiger partial charge in [-0.25, -0.2) is 0 Å². The number of benzene rings is 1. The Balaban J connectivity index is 1.76. The number of rotatable bonds is 3. The summed E-state index contributed by atoms with van der Waals surface area (Å²) in [6, 6.07) is 9.11. The lowest BCUT2D eigenvalue weighted by Crippen LogP contribution is -2.45. The summed E-state index contributed by atoms with van der Waals surface area (Å²) in [7, 11) is 0. The van der Waals surface area contributed by atoms with E-state index in [0.717, 1.165) is 17.6 Å². The second-order valence-electron chi connectivity index (χ2n) is 5.68. The lowest BCUT2D eigenvalue weighted by molar-refractivity contribution is 0.308. The Kier molecular flexibility index (Phi) is 5.20. The minimum atomic E-state index is 0.548. The zero-order valence-corrected chi connectivity index (χ0v) is 12.7. The van der Waals surface area contributed by atoms with Crippen molar-refractivity contribution < 1.29 is 0 Å². The van der Waals surface area contributed by atoms with E-state index in [0.29, 0.717) is 6.04 Å². The van der Waals surface area contributed by atoms with E-state index < -0.39 is 0 Å². The molecule has 0 aliphatic heterocycles. The van der Waals surface area contributed by atoms with Crippen molar-refractivity contribution in [1.82, 2.24) is 10.6 Å². The summed E-state index contributed by atoms with van der Waals surface area (Å²) >= 11 is 5.39. The predicted molar refractivity (Wildman–Crippen MR) is 85.2 cm³/mol.